The van der Waals surface area contributed by atoms with E-state index in [0.717, 1.165) is 12.0 Å². The standard InChI is InChI=1S/C20H30N2O4/c1-14(2)13-21-19(24)20(3)9-6-10-22(20)18(23)12-15-7-8-16(25-4)17(11-15)26-5/h7-8,11,14H,6,9-10,12-13H2,1-5H3,(H,21,24). The predicted octanol–water partition coefficient (Wildman–Crippen LogP) is 2.40. The third-order valence-corrected chi connectivity index (χ3v) is 4.91. The number of likely N-dealkylation sites (tertiary alicyclic amines) is 1. The zero-order valence-electron chi connectivity index (χ0n) is 16.4. The van der Waals surface area contributed by atoms with Gasteiger partial charge in [0.2, 0.25) is 11.8 Å². The Balaban J connectivity index is 2.11. The summed E-state index contributed by atoms with van der Waals surface area (Å²) < 4.78 is 10.5. The minimum Gasteiger partial charge on any atom is -0.493 e. The number of hydrogen-bond acceptors (Lipinski definition) is 4. The van der Waals surface area contributed by atoms with E-state index in [2.05, 4.69) is 19.2 Å². The van der Waals surface area contributed by atoms with Gasteiger partial charge in [-0.05, 0) is 43.4 Å². The summed E-state index contributed by atoms with van der Waals surface area (Å²) in [5, 5.41) is 2.98. The maximum absolute atomic E-state index is 12.9. The van der Waals surface area contributed by atoms with Crippen LogP contribution in [0.15, 0.2) is 18.2 Å². The number of carbonyl (C=O) groups is 2. The maximum Gasteiger partial charge on any atom is 0.245 e. The van der Waals surface area contributed by atoms with Crippen molar-refractivity contribution in [3.63, 3.8) is 0 Å². The van der Waals surface area contributed by atoms with Gasteiger partial charge in [0.25, 0.3) is 0 Å². The summed E-state index contributed by atoms with van der Waals surface area (Å²) in [5.74, 6) is 1.49. The van der Waals surface area contributed by atoms with Crippen LogP contribution in [0.4, 0.5) is 0 Å². The second-order valence-corrected chi connectivity index (χ2v) is 7.39. The Hall–Kier alpha value is -2.24. The number of amides is 2. The van der Waals surface area contributed by atoms with Crippen molar-refractivity contribution in [2.75, 3.05) is 27.3 Å². The van der Waals surface area contributed by atoms with Crippen molar-refractivity contribution in [2.24, 2.45) is 5.92 Å². The van der Waals surface area contributed by atoms with E-state index < -0.39 is 5.54 Å². The highest BCUT2D eigenvalue weighted by molar-refractivity contribution is 5.92. The van der Waals surface area contributed by atoms with Gasteiger partial charge in [-0.1, -0.05) is 19.9 Å². The van der Waals surface area contributed by atoms with Gasteiger partial charge >= 0.3 is 0 Å². The van der Waals surface area contributed by atoms with Gasteiger partial charge in [0, 0.05) is 13.1 Å². The average molecular weight is 362 g/mol. The van der Waals surface area contributed by atoms with Crippen LogP contribution in [0.5, 0.6) is 11.5 Å². The molecule has 1 heterocycles. The molecule has 0 aromatic heterocycles. The highest BCUT2D eigenvalue weighted by atomic mass is 16.5. The average Bonchev–Trinajstić information content (AvgIpc) is 3.02. The molecule has 0 saturated carbocycles. The van der Waals surface area contributed by atoms with E-state index in [-0.39, 0.29) is 18.2 Å². The summed E-state index contributed by atoms with van der Waals surface area (Å²) in [6.07, 6.45) is 1.76. The fourth-order valence-electron chi connectivity index (χ4n) is 3.35. The van der Waals surface area contributed by atoms with Crippen LogP contribution in [0.25, 0.3) is 0 Å². The fraction of sp³-hybridized carbons (Fsp3) is 0.600. The lowest BCUT2D eigenvalue weighted by molar-refractivity contribution is -0.143. The number of carbonyl (C=O) groups excluding carboxylic acids is 2. The van der Waals surface area contributed by atoms with E-state index in [1.807, 2.05) is 19.1 Å². The largest absolute Gasteiger partial charge is 0.493 e. The molecule has 0 bridgehead atoms. The van der Waals surface area contributed by atoms with E-state index in [0.29, 0.717) is 36.9 Å². The molecule has 1 aromatic carbocycles. The summed E-state index contributed by atoms with van der Waals surface area (Å²) >= 11 is 0. The smallest absolute Gasteiger partial charge is 0.245 e. The Morgan fingerprint density at radius 3 is 2.54 bits per heavy atom. The fourth-order valence-corrected chi connectivity index (χ4v) is 3.35. The first-order valence-electron chi connectivity index (χ1n) is 9.11. The summed E-state index contributed by atoms with van der Waals surface area (Å²) in [7, 11) is 3.15. The first-order valence-corrected chi connectivity index (χ1v) is 9.11. The van der Waals surface area contributed by atoms with E-state index in [9.17, 15) is 9.59 Å². The summed E-state index contributed by atoms with van der Waals surface area (Å²) in [4.78, 5) is 27.3. The van der Waals surface area contributed by atoms with Crippen molar-refractivity contribution in [3.05, 3.63) is 23.8 Å². The molecule has 1 atom stereocenters. The van der Waals surface area contributed by atoms with Crippen molar-refractivity contribution in [3.8, 4) is 11.5 Å². The van der Waals surface area contributed by atoms with Crippen LogP contribution < -0.4 is 14.8 Å². The molecule has 6 heteroatoms. The summed E-state index contributed by atoms with van der Waals surface area (Å²) in [6.45, 7) is 7.19. The Morgan fingerprint density at radius 2 is 1.92 bits per heavy atom. The number of benzene rings is 1. The Labute approximate surface area is 155 Å². The normalized spacial score (nSPS) is 19.5. The van der Waals surface area contributed by atoms with Gasteiger partial charge in [-0.3, -0.25) is 9.59 Å². The van der Waals surface area contributed by atoms with Crippen LogP contribution in [0.2, 0.25) is 0 Å². The molecule has 1 saturated heterocycles. The third-order valence-electron chi connectivity index (χ3n) is 4.91. The molecule has 0 spiro atoms. The molecule has 2 rings (SSSR count). The van der Waals surface area contributed by atoms with Gasteiger partial charge in [0.15, 0.2) is 11.5 Å². The Morgan fingerprint density at radius 1 is 1.23 bits per heavy atom. The molecule has 144 valence electrons. The van der Waals surface area contributed by atoms with Gasteiger partial charge in [0.05, 0.1) is 20.6 Å². The molecule has 0 aliphatic carbocycles. The molecule has 1 fully saturated rings. The van der Waals surface area contributed by atoms with E-state index >= 15 is 0 Å². The van der Waals surface area contributed by atoms with Gasteiger partial charge in [0.1, 0.15) is 5.54 Å². The number of ether oxygens (including phenoxy) is 2. The van der Waals surface area contributed by atoms with Crippen LogP contribution in [-0.2, 0) is 16.0 Å². The van der Waals surface area contributed by atoms with Crippen LogP contribution in [-0.4, -0.2) is 49.6 Å². The minimum atomic E-state index is -0.775. The van der Waals surface area contributed by atoms with Gasteiger partial charge in [-0.2, -0.15) is 0 Å². The number of nitrogens with one attached hydrogen (secondary N) is 1. The zero-order chi connectivity index (χ0) is 19.3. The SMILES string of the molecule is COc1ccc(CC(=O)N2CCCC2(C)C(=O)NCC(C)C)cc1OC. The lowest BCUT2D eigenvalue weighted by Crippen LogP contribution is -2.56. The van der Waals surface area contributed by atoms with E-state index in [4.69, 9.17) is 9.47 Å². The molecule has 26 heavy (non-hydrogen) atoms. The highest BCUT2D eigenvalue weighted by Crippen LogP contribution is 2.31. The van der Waals surface area contributed by atoms with E-state index in [1.165, 1.54) is 0 Å². The number of rotatable bonds is 7. The molecule has 1 unspecified atom stereocenters. The molecule has 1 N–H and O–H groups in total. The van der Waals surface area contributed by atoms with Crippen molar-refractivity contribution >= 4 is 11.8 Å². The van der Waals surface area contributed by atoms with Crippen molar-refractivity contribution in [1.82, 2.24) is 10.2 Å². The number of methoxy groups -OCH3 is 2. The molecule has 1 aliphatic rings. The second-order valence-electron chi connectivity index (χ2n) is 7.39. The molecule has 1 aliphatic heterocycles. The van der Waals surface area contributed by atoms with Crippen LogP contribution in [0.1, 0.15) is 39.2 Å². The lowest BCUT2D eigenvalue weighted by atomic mass is 9.96. The number of nitrogens with zero attached hydrogens (tertiary/aromatic N) is 1. The minimum absolute atomic E-state index is 0.0445. The molecular weight excluding hydrogens is 332 g/mol. The van der Waals surface area contributed by atoms with E-state index in [1.54, 1.807) is 25.2 Å². The van der Waals surface area contributed by atoms with Crippen LogP contribution >= 0.6 is 0 Å². The van der Waals surface area contributed by atoms with Crippen molar-refractivity contribution in [1.29, 1.82) is 0 Å². The molecule has 1 aromatic rings. The highest BCUT2D eigenvalue weighted by Gasteiger charge is 2.45. The molecule has 0 radical (unpaired) electrons. The first kappa shape index (κ1) is 20.1. The third kappa shape index (κ3) is 4.29. The van der Waals surface area contributed by atoms with Crippen molar-refractivity contribution in [2.45, 2.75) is 45.6 Å². The Kier molecular flexibility index (Phi) is 6.51. The zero-order valence-corrected chi connectivity index (χ0v) is 16.4. The second kappa shape index (κ2) is 8.43. The van der Waals surface area contributed by atoms with Crippen LogP contribution in [0, 0.1) is 5.92 Å². The molecular formula is C20H30N2O4. The van der Waals surface area contributed by atoms with Crippen molar-refractivity contribution < 1.29 is 19.1 Å². The monoisotopic (exact) mass is 362 g/mol. The van der Waals surface area contributed by atoms with Gasteiger partial charge < -0.3 is 19.7 Å². The molecule has 2 amide bonds. The van der Waals surface area contributed by atoms with Gasteiger partial charge in [-0.15, -0.1) is 0 Å². The predicted molar refractivity (Wildman–Crippen MR) is 100 cm³/mol. The summed E-state index contributed by atoms with van der Waals surface area (Å²) in [5.41, 5.74) is 0.0622. The maximum atomic E-state index is 12.9. The number of hydrogen-bond donors (Lipinski definition) is 1. The van der Waals surface area contributed by atoms with Gasteiger partial charge in [-0.25, -0.2) is 0 Å². The summed E-state index contributed by atoms with van der Waals surface area (Å²) in [6, 6.07) is 5.45. The quantitative estimate of drug-likeness (QED) is 0.809. The van der Waals surface area contributed by atoms with Crippen LogP contribution in [0.3, 0.4) is 0 Å². The molecule has 6 nitrogen and oxygen atoms in total. The Bertz CT molecular complexity index is 659. The topological polar surface area (TPSA) is 67.9 Å². The first-order chi connectivity index (χ1) is 12.3. The lowest BCUT2D eigenvalue weighted by Gasteiger charge is -2.34.